The largest absolute Gasteiger partial charge is 0.494 e. The molecule has 1 unspecified atom stereocenters. The molecule has 1 aromatic heterocycles. The fourth-order valence-corrected chi connectivity index (χ4v) is 2.81. The Morgan fingerprint density at radius 1 is 1.42 bits per heavy atom. The summed E-state index contributed by atoms with van der Waals surface area (Å²) >= 11 is 5.98. The van der Waals surface area contributed by atoms with Crippen LogP contribution in [0, 0.1) is 25.2 Å². The quantitative estimate of drug-likeness (QED) is 0.810. The van der Waals surface area contributed by atoms with Crippen LogP contribution in [0.15, 0.2) is 23.0 Å². The molecule has 0 amide bonds. The average molecular weight is 375 g/mol. The third kappa shape index (κ3) is 3.44. The van der Waals surface area contributed by atoms with Crippen LogP contribution in [0.4, 0.5) is 0 Å². The standard InChI is InChI=1S/C19H19ClN2O4/c1-5-22-18(24)14(9-21)11(3)16(19(22)25)17(23)12(4)26-13-6-7-15(20)10(2)8-13/h6-8,12,25H,5H2,1-4H3. The topological polar surface area (TPSA) is 92.3 Å². The zero-order valence-electron chi connectivity index (χ0n) is 15.0. The Morgan fingerprint density at radius 2 is 2.08 bits per heavy atom. The number of aryl methyl sites for hydroxylation is 1. The second kappa shape index (κ2) is 7.63. The van der Waals surface area contributed by atoms with Crippen molar-refractivity contribution in [3.05, 3.63) is 55.8 Å². The van der Waals surface area contributed by atoms with Gasteiger partial charge < -0.3 is 9.84 Å². The number of halogens is 1. The van der Waals surface area contributed by atoms with Gasteiger partial charge in [0.1, 0.15) is 17.4 Å². The molecule has 1 atom stereocenters. The first-order valence-electron chi connectivity index (χ1n) is 8.06. The molecular weight excluding hydrogens is 356 g/mol. The summed E-state index contributed by atoms with van der Waals surface area (Å²) in [7, 11) is 0. The molecule has 0 saturated heterocycles. The van der Waals surface area contributed by atoms with Crippen molar-refractivity contribution in [2.45, 2.75) is 40.3 Å². The Bertz CT molecular complexity index is 973. The summed E-state index contributed by atoms with van der Waals surface area (Å²) in [5, 5.41) is 20.2. The van der Waals surface area contributed by atoms with Crippen molar-refractivity contribution in [2.75, 3.05) is 0 Å². The maximum absolute atomic E-state index is 12.9. The van der Waals surface area contributed by atoms with Crippen molar-refractivity contribution in [3.8, 4) is 17.7 Å². The number of aromatic nitrogens is 1. The predicted octanol–water partition coefficient (Wildman–Crippen LogP) is 3.37. The third-order valence-corrected chi connectivity index (χ3v) is 4.60. The summed E-state index contributed by atoms with van der Waals surface area (Å²) in [4.78, 5) is 25.1. The van der Waals surface area contributed by atoms with Crippen molar-refractivity contribution in [1.82, 2.24) is 4.57 Å². The summed E-state index contributed by atoms with van der Waals surface area (Å²) in [6.45, 7) is 6.59. The molecule has 7 heteroatoms. The van der Waals surface area contributed by atoms with Crippen LogP contribution < -0.4 is 10.3 Å². The fraction of sp³-hybridized carbons (Fsp3) is 0.316. The smallest absolute Gasteiger partial charge is 0.271 e. The summed E-state index contributed by atoms with van der Waals surface area (Å²) in [5.41, 5.74) is 0.0775. The second-order valence-electron chi connectivity index (χ2n) is 5.90. The number of carbonyl (C=O) groups is 1. The Morgan fingerprint density at radius 3 is 2.62 bits per heavy atom. The average Bonchev–Trinajstić information content (AvgIpc) is 2.58. The lowest BCUT2D eigenvalue weighted by atomic mass is 9.99. The van der Waals surface area contributed by atoms with Crippen LogP contribution in [0.1, 0.15) is 40.9 Å². The molecule has 1 N–H and O–H groups in total. The van der Waals surface area contributed by atoms with Gasteiger partial charge in [-0.3, -0.25) is 14.2 Å². The van der Waals surface area contributed by atoms with Crippen LogP contribution in [-0.2, 0) is 6.54 Å². The molecule has 0 spiro atoms. The lowest BCUT2D eigenvalue weighted by molar-refractivity contribution is 0.0812. The molecule has 2 rings (SSSR count). The van der Waals surface area contributed by atoms with E-state index in [4.69, 9.17) is 16.3 Å². The lowest BCUT2D eigenvalue weighted by Gasteiger charge is -2.18. The zero-order valence-corrected chi connectivity index (χ0v) is 15.7. The number of carbonyl (C=O) groups excluding carboxylic acids is 1. The zero-order chi connectivity index (χ0) is 19.6. The number of pyridine rings is 1. The van der Waals surface area contributed by atoms with Crippen LogP contribution >= 0.6 is 11.6 Å². The van der Waals surface area contributed by atoms with Gasteiger partial charge in [-0.1, -0.05) is 11.6 Å². The van der Waals surface area contributed by atoms with Crippen LogP contribution in [0.3, 0.4) is 0 Å². The highest BCUT2D eigenvalue weighted by Crippen LogP contribution is 2.26. The van der Waals surface area contributed by atoms with Gasteiger partial charge in [0.05, 0.1) is 5.56 Å². The van der Waals surface area contributed by atoms with Crippen molar-refractivity contribution in [2.24, 2.45) is 0 Å². The first kappa shape index (κ1) is 19.5. The summed E-state index contributed by atoms with van der Waals surface area (Å²) in [6.07, 6.45) is -0.936. The van der Waals surface area contributed by atoms with E-state index in [1.165, 1.54) is 6.92 Å². The molecule has 0 fully saturated rings. The van der Waals surface area contributed by atoms with Crippen LogP contribution in [0.25, 0.3) is 0 Å². The number of benzene rings is 1. The van der Waals surface area contributed by atoms with Gasteiger partial charge >= 0.3 is 0 Å². The minimum Gasteiger partial charge on any atom is -0.494 e. The number of nitrogens with zero attached hydrogens (tertiary/aromatic N) is 2. The number of Topliss-reactive ketones (excluding diaryl/α,β-unsaturated/α-hetero) is 1. The minimum atomic E-state index is -0.936. The molecule has 26 heavy (non-hydrogen) atoms. The van der Waals surface area contributed by atoms with E-state index >= 15 is 0 Å². The molecule has 0 saturated carbocycles. The van der Waals surface area contributed by atoms with Gasteiger partial charge in [-0.15, -0.1) is 0 Å². The highest BCUT2D eigenvalue weighted by molar-refractivity contribution is 6.31. The van der Waals surface area contributed by atoms with Gasteiger partial charge in [0.2, 0.25) is 11.7 Å². The van der Waals surface area contributed by atoms with Gasteiger partial charge in [0, 0.05) is 11.6 Å². The van der Waals surface area contributed by atoms with Crippen molar-refractivity contribution >= 4 is 17.4 Å². The lowest BCUT2D eigenvalue weighted by Crippen LogP contribution is -2.30. The Hall–Kier alpha value is -2.78. The van der Waals surface area contributed by atoms with E-state index in [1.54, 1.807) is 32.0 Å². The van der Waals surface area contributed by atoms with Crippen LogP contribution in [0.5, 0.6) is 11.6 Å². The molecule has 6 nitrogen and oxygen atoms in total. The normalized spacial score (nSPS) is 11.7. The Balaban J connectivity index is 2.47. The van der Waals surface area contributed by atoms with Crippen molar-refractivity contribution < 1.29 is 14.6 Å². The molecular formula is C19H19ClN2O4. The molecule has 1 heterocycles. The molecule has 1 aromatic carbocycles. The summed E-state index contributed by atoms with van der Waals surface area (Å²) < 4.78 is 6.66. The number of aromatic hydroxyl groups is 1. The molecule has 136 valence electrons. The van der Waals surface area contributed by atoms with Crippen LogP contribution in [-0.4, -0.2) is 21.6 Å². The van der Waals surface area contributed by atoms with E-state index in [0.717, 1.165) is 10.1 Å². The van der Waals surface area contributed by atoms with E-state index in [1.807, 2.05) is 13.0 Å². The van der Waals surface area contributed by atoms with Gasteiger partial charge in [-0.05, 0) is 57.0 Å². The minimum absolute atomic E-state index is 0.0822. The fourth-order valence-electron chi connectivity index (χ4n) is 2.69. The Kier molecular flexibility index (Phi) is 5.73. The SMILES string of the molecule is CCn1c(O)c(C(=O)C(C)Oc2ccc(Cl)c(C)c2)c(C)c(C#N)c1=O. The maximum atomic E-state index is 12.9. The number of ketones is 1. The number of hydrogen-bond acceptors (Lipinski definition) is 5. The molecule has 0 radical (unpaired) electrons. The van der Waals surface area contributed by atoms with Gasteiger partial charge in [0.25, 0.3) is 5.56 Å². The van der Waals surface area contributed by atoms with E-state index in [-0.39, 0.29) is 23.2 Å². The number of rotatable bonds is 5. The van der Waals surface area contributed by atoms with Crippen LogP contribution in [0.2, 0.25) is 5.02 Å². The number of ether oxygens (including phenoxy) is 1. The molecule has 2 aromatic rings. The monoisotopic (exact) mass is 374 g/mol. The predicted molar refractivity (Wildman–Crippen MR) is 98.1 cm³/mol. The van der Waals surface area contributed by atoms with Crippen molar-refractivity contribution in [3.63, 3.8) is 0 Å². The highest BCUT2D eigenvalue weighted by Gasteiger charge is 2.27. The van der Waals surface area contributed by atoms with E-state index in [0.29, 0.717) is 10.8 Å². The molecule has 0 bridgehead atoms. The maximum Gasteiger partial charge on any atom is 0.271 e. The highest BCUT2D eigenvalue weighted by atomic mass is 35.5. The summed E-state index contributed by atoms with van der Waals surface area (Å²) in [5.74, 6) is -0.526. The van der Waals surface area contributed by atoms with E-state index < -0.39 is 23.3 Å². The molecule has 0 aliphatic carbocycles. The van der Waals surface area contributed by atoms with Crippen molar-refractivity contribution in [1.29, 1.82) is 5.26 Å². The van der Waals surface area contributed by atoms with E-state index in [9.17, 15) is 20.0 Å². The van der Waals surface area contributed by atoms with Gasteiger partial charge in [0.15, 0.2) is 6.10 Å². The first-order valence-corrected chi connectivity index (χ1v) is 8.44. The number of hydrogen-bond donors (Lipinski definition) is 1. The molecule has 0 aliphatic rings. The van der Waals surface area contributed by atoms with Gasteiger partial charge in [-0.2, -0.15) is 5.26 Å². The second-order valence-corrected chi connectivity index (χ2v) is 6.30. The Labute approximate surface area is 156 Å². The van der Waals surface area contributed by atoms with E-state index in [2.05, 4.69) is 0 Å². The first-order chi connectivity index (χ1) is 12.2. The van der Waals surface area contributed by atoms with Gasteiger partial charge in [-0.25, -0.2) is 0 Å². The number of nitriles is 1. The molecule has 0 aliphatic heterocycles. The summed E-state index contributed by atoms with van der Waals surface area (Å²) in [6, 6.07) is 6.81. The third-order valence-electron chi connectivity index (χ3n) is 4.17.